The number of hydrogen-bond donors (Lipinski definition) is 1. The van der Waals surface area contributed by atoms with E-state index in [1.807, 2.05) is 0 Å². The molecular formula is C24H32ClN3O2S. The van der Waals surface area contributed by atoms with Crippen LogP contribution in [0, 0.1) is 6.92 Å². The molecule has 168 valence electrons. The summed E-state index contributed by atoms with van der Waals surface area (Å²) in [7, 11) is -3.57. The van der Waals surface area contributed by atoms with Crippen molar-refractivity contribution >= 4 is 27.3 Å². The predicted molar refractivity (Wildman–Crippen MR) is 127 cm³/mol. The molecule has 3 atom stereocenters. The van der Waals surface area contributed by atoms with Crippen LogP contribution in [0.25, 0.3) is 0 Å². The number of hydrogen-bond acceptors (Lipinski definition) is 4. The molecule has 1 saturated carbocycles. The zero-order valence-electron chi connectivity index (χ0n) is 18.3. The lowest BCUT2D eigenvalue weighted by molar-refractivity contribution is 0.110. The van der Waals surface area contributed by atoms with E-state index in [4.69, 9.17) is 11.6 Å². The van der Waals surface area contributed by atoms with Crippen LogP contribution in [0.1, 0.15) is 38.2 Å². The number of anilines is 1. The second-order valence-corrected chi connectivity index (χ2v) is 11.1. The highest BCUT2D eigenvalue weighted by atomic mass is 35.5. The van der Waals surface area contributed by atoms with Gasteiger partial charge < -0.3 is 4.90 Å². The molecule has 5 nitrogen and oxygen atoms in total. The van der Waals surface area contributed by atoms with Crippen molar-refractivity contribution in [2.75, 3.05) is 24.5 Å². The van der Waals surface area contributed by atoms with Crippen molar-refractivity contribution in [1.29, 1.82) is 0 Å². The molecular weight excluding hydrogens is 430 g/mol. The van der Waals surface area contributed by atoms with Gasteiger partial charge in [0.1, 0.15) is 0 Å². The third-order valence-electron chi connectivity index (χ3n) is 6.62. The highest BCUT2D eigenvalue weighted by Crippen LogP contribution is 2.29. The van der Waals surface area contributed by atoms with Gasteiger partial charge >= 0.3 is 0 Å². The van der Waals surface area contributed by atoms with Gasteiger partial charge in [0.05, 0.1) is 4.90 Å². The number of piperazine rings is 1. The zero-order chi connectivity index (χ0) is 22.0. The van der Waals surface area contributed by atoms with E-state index in [9.17, 15) is 8.42 Å². The largest absolute Gasteiger partial charge is 0.366 e. The first-order valence-electron chi connectivity index (χ1n) is 11.2. The number of sulfonamides is 1. The molecule has 2 aromatic rings. The van der Waals surface area contributed by atoms with E-state index >= 15 is 0 Å². The standard InChI is InChI=1S/C24H32ClN3O2S/c1-18-6-5-7-21(16-18)28-15-14-27(17-19(28)2)24-9-4-3-8-23(24)26-31(29,30)22-12-10-20(25)11-13-22/h5-7,10-13,16,19,23-24,26H,3-4,8-9,14-15,17H2,1-2H3. The zero-order valence-corrected chi connectivity index (χ0v) is 19.9. The molecule has 0 spiro atoms. The molecule has 1 saturated heterocycles. The summed E-state index contributed by atoms with van der Waals surface area (Å²) >= 11 is 5.93. The molecule has 1 aliphatic carbocycles. The average molecular weight is 462 g/mol. The molecule has 31 heavy (non-hydrogen) atoms. The molecule has 0 amide bonds. The molecule has 0 aromatic heterocycles. The van der Waals surface area contributed by atoms with E-state index < -0.39 is 10.0 Å². The monoisotopic (exact) mass is 461 g/mol. The Morgan fingerprint density at radius 3 is 2.48 bits per heavy atom. The minimum absolute atomic E-state index is 0.0628. The van der Waals surface area contributed by atoms with Gasteiger partial charge in [-0.15, -0.1) is 0 Å². The van der Waals surface area contributed by atoms with Crippen molar-refractivity contribution in [2.45, 2.75) is 62.6 Å². The molecule has 4 rings (SSSR count). The van der Waals surface area contributed by atoms with Crippen molar-refractivity contribution in [1.82, 2.24) is 9.62 Å². The van der Waals surface area contributed by atoms with E-state index in [1.54, 1.807) is 24.3 Å². The maximum atomic E-state index is 13.0. The lowest BCUT2D eigenvalue weighted by atomic mass is 9.89. The molecule has 1 heterocycles. The fourth-order valence-electron chi connectivity index (χ4n) is 5.04. The topological polar surface area (TPSA) is 52.6 Å². The second-order valence-electron chi connectivity index (χ2n) is 8.91. The normalized spacial score (nSPS) is 25.5. The number of benzene rings is 2. The van der Waals surface area contributed by atoms with Gasteiger partial charge in [0.25, 0.3) is 0 Å². The predicted octanol–water partition coefficient (Wildman–Crippen LogP) is 4.45. The summed E-state index contributed by atoms with van der Waals surface area (Å²) in [6.45, 7) is 7.24. The third-order valence-corrected chi connectivity index (χ3v) is 8.38. The molecule has 3 unspecified atom stereocenters. The van der Waals surface area contributed by atoms with Crippen molar-refractivity contribution < 1.29 is 8.42 Å². The Morgan fingerprint density at radius 1 is 1.03 bits per heavy atom. The van der Waals surface area contributed by atoms with Crippen LogP contribution < -0.4 is 9.62 Å². The SMILES string of the molecule is Cc1cccc(N2CCN(C3CCCCC3NS(=O)(=O)c3ccc(Cl)cc3)CC2C)c1. The van der Waals surface area contributed by atoms with Gasteiger partial charge in [-0.25, -0.2) is 13.1 Å². The number of aryl methyl sites for hydroxylation is 1. The van der Waals surface area contributed by atoms with Crippen LogP contribution >= 0.6 is 11.6 Å². The van der Waals surface area contributed by atoms with E-state index in [-0.39, 0.29) is 17.0 Å². The molecule has 2 aromatic carbocycles. The van der Waals surface area contributed by atoms with Gasteiger partial charge in [0.2, 0.25) is 10.0 Å². The highest BCUT2D eigenvalue weighted by molar-refractivity contribution is 7.89. The van der Waals surface area contributed by atoms with Gasteiger partial charge in [0, 0.05) is 48.5 Å². The Morgan fingerprint density at radius 2 is 1.77 bits per heavy atom. The fourth-order valence-corrected chi connectivity index (χ4v) is 6.47. The van der Waals surface area contributed by atoms with Crippen molar-refractivity contribution in [2.24, 2.45) is 0 Å². The van der Waals surface area contributed by atoms with E-state index in [2.05, 4.69) is 52.6 Å². The van der Waals surface area contributed by atoms with Crippen LogP contribution in [0.4, 0.5) is 5.69 Å². The Balaban J connectivity index is 1.46. The molecule has 2 fully saturated rings. The van der Waals surface area contributed by atoms with Crippen LogP contribution in [0.15, 0.2) is 53.4 Å². The van der Waals surface area contributed by atoms with Gasteiger partial charge in [-0.1, -0.05) is 36.6 Å². The van der Waals surface area contributed by atoms with Crippen LogP contribution in [0.2, 0.25) is 5.02 Å². The minimum Gasteiger partial charge on any atom is -0.366 e. The molecule has 0 radical (unpaired) electrons. The maximum Gasteiger partial charge on any atom is 0.240 e. The van der Waals surface area contributed by atoms with E-state index in [0.717, 1.165) is 45.3 Å². The van der Waals surface area contributed by atoms with Gasteiger partial charge in [0.15, 0.2) is 0 Å². The highest BCUT2D eigenvalue weighted by Gasteiger charge is 2.36. The second kappa shape index (κ2) is 9.49. The van der Waals surface area contributed by atoms with Crippen LogP contribution in [-0.4, -0.2) is 51.1 Å². The molecule has 7 heteroatoms. The summed E-state index contributed by atoms with van der Waals surface area (Å²) < 4.78 is 29.0. The van der Waals surface area contributed by atoms with Gasteiger partial charge in [-0.3, -0.25) is 4.90 Å². The summed E-state index contributed by atoms with van der Waals surface area (Å²) in [5, 5.41) is 0.537. The quantitative estimate of drug-likeness (QED) is 0.714. The number of halogens is 1. The van der Waals surface area contributed by atoms with Crippen LogP contribution in [-0.2, 0) is 10.0 Å². The summed E-state index contributed by atoms with van der Waals surface area (Å²) in [6.07, 6.45) is 4.12. The smallest absolute Gasteiger partial charge is 0.240 e. The number of rotatable bonds is 5. The molecule has 1 N–H and O–H groups in total. The summed E-state index contributed by atoms with van der Waals surface area (Å²) in [5.74, 6) is 0. The van der Waals surface area contributed by atoms with E-state index in [0.29, 0.717) is 11.1 Å². The maximum absolute atomic E-state index is 13.0. The Hall–Kier alpha value is -1.60. The first kappa shape index (κ1) is 22.6. The number of nitrogens with zero attached hydrogens (tertiary/aromatic N) is 2. The van der Waals surface area contributed by atoms with E-state index in [1.165, 1.54) is 11.3 Å². The summed E-state index contributed by atoms with van der Waals surface area (Å²) in [6, 6.07) is 15.6. The van der Waals surface area contributed by atoms with Crippen molar-refractivity contribution in [3.8, 4) is 0 Å². The molecule has 0 bridgehead atoms. The lowest BCUT2D eigenvalue weighted by Crippen LogP contribution is -2.60. The summed E-state index contributed by atoms with van der Waals surface area (Å²) in [5.41, 5.74) is 2.55. The van der Waals surface area contributed by atoms with Crippen LogP contribution in [0.5, 0.6) is 0 Å². The summed E-state index contributed by atoms with van der Waals surface area (Å²) in [4.78, 5) is 5.25. The first-order chi connectivity index (χ1) is 14.8. The van der Waals surface area contributed by atoms with Gasteiger partial charge in [-0.2, -0.15) is 0 Å². The third kappa shape index (κ3) is 5.25. The van der Waals surface area contributed by atoms with Crippen LogP contribution in [0.3, 0.4) is 0 Å². The molecule has 2 aliphatic rings. The van der Waals surface area contributed by atoms with Crippen molar-refractivity contribution in [3.05, 3.63) is 59.1 Å². The Labute approximate surface area is 191 Å². The molecule has 1 aliphatic heterocycles. The Kier molecular flexibility index (Phi) is 6.92. The number of nitrogens with one attached hydrogen (secondary N) is 1. The van der Waals surface area contributed by atoms with Crippen molar-refractivity contribution in [3.63, 3.8) is 0 Å². The Bertz CT molecular complexity index is 996. The lowest BCUT2D eigenvalue weighted by Gasteiger charge is -2.47. The minimum atomic E-state index is -3.57. The average Bonchev–Trinajstić information content (AvgIpc) is 2.74. The first-order valence-corrected chi connectivity index (χ1v) is 13.0. The van der Waals surface area contributed by atoms with Gasteiger partial charge in [-0.05, 0) is 68.7 Å². The fraction of sp³-hybridized carbons (Fsp3) is 0.500.